The number of hydrogen-bond donors (Lipinski definition) is 0. The van der Waals surface area contributed by atoms with Crippen LogP contribution in [0.3, 0.4) is 0 Å². The van der Waals surface area contributed by atoms with Crippen LogP contribution in [0, 0.1) is 0 Å². The smallest absolute Gasteiger partial charge is 0.253 e. The predicted molar refractivity (Wildman–Crippen MR) is 77.4 cm³/mol. The van der Waals surface area contributed by atoms with E-state index in [4.69, 9.17) is 9.47 Å². The fraction of sp³-hybridized carbons (Fsp3) is 0.500. The molecule has 0 aliphatic carbocycles. The lowest BCUT2D eigenvalue weighted by molar-refractivity contribution is 0.0764. The van der Waals surface area contributed by atoms with Crippen molar-refractivity contribution >= 4 is 21.8 Å². The minimum Gasteiger partial charge on any atom is -0.486 e. The largest absolute Gasteiger partial charge is 0.486 e. The summed E-state index contributed by atoms with van der Waals surface area (Å²) in [5.41, 5.74) is 0.653. The molecule has 0 aromatic heterocycles. The van der Waals surface area contributed by atoms with Crippen molar-refractivity contribution in [2.24, 2.45) is 0 Å². The molecular weight excluding hydrogens is 310 g/mol. The molecule has 0 saturated carbocycles. The molecule has 4 nitrogen and oxygen atoms in total. The standard InChI is InChI=1S/C14H18BrNO3/c1-2-16(7-3-6-15)14(17)11-4-5-12-13(10-11)19-9-8-18-12/h4-5,10H,2-3,6-9H2,1H3. The molecule has 0 N–H and O–H groups in total. The van der Waals surface area contributed by atoms with Gasteiger partial charge < -0.3 is 14.4 Å². The van der Waals surface area contributed by atoms with E-state index in [-0.39, 0.29) is 5.91 Å². The molecule has 0 fully saturated rings. The van der Waals surface area contributed by atoms with E-state index in [0.717, 1.165) is 18.3 Å². The Balaban J connectivity index is 2.13. The number of amides is 1. The normalized spacial score (nSPS) is 13.2. The Labute approximate surface area is 121 Å². The number of nitrogens with zero attached hydrogens (tertiary/aromatic N) is 1. The first-order chi connectivity index (χ1) is 9.26. The van der Waals surface area contributed by atoms with Gasteiger partial charge in [-0.15, -0.1) is 0 Å². The van der Waals surface area contributed by atoms with Gasteiger partial charge in [-0.2, -0.15) is 0 Å². The van der Waals surface area contributed by atoms with Crippen molar-refractivity contribution in [3.8, 4) is 11.5 Å². The Hall–Kier alpha value is -1.23. The maximum Gasteiger partial charge on any atom is 0.253 e. The molecule has 0 bridgehead atoms. The molecule has 0 spiro atoms. The van der Waals surface area contributed by atoms with Crippen LogP contribution in [0.25, 0.3) is 0 Å². The molecule has 0 radical (unpaired) electrons. The summed E-state index contributed by atoms with van der Waals surface area (Å²) in [6.45, 7) is 4.55. The van der Waals surface area contributed by atoms with Crippen LogP contribution in [-0.4, -0.2) is 42.4 Å². The minimum atomic E-state index is 0.0421. The summed E-state index contributed by atoms with van der Waals surface area (Å²) in [5, 5.41) is 0.901. The third kappa shape index (κ3) is 3.41. The fourth-order valence-electron chi connectivity index (χ4n) is 2.01. The SMILES string of the molecule is CCN(CCCBr)C(=O)c1ccc2c(c1)OCCO2. The number of carbonyl (C=O) groups is 1. The maximum atomic E-state index is 12.4. The van der Waals surface area contributed by atoms with Gasteiger partial charge in [0.2, 0.25) is 0 Å². The van der Waals surface area contributed by atoms with Crippen molar-refractivity contribution in [3.63, 3.8) is 0 Å². The van der Waals surface area contributed by atoms with Crippen molar-refractivity contribution in [1.29, 1.82) is 0 Å². The summed E-state index contributed by atoms with van der Waals surface area (Å²) in [6, 6.07) is 5.38. The maximum absolute atomic E-state index is 12.4. The van der Waals surface area contributed by atoms with Crippen LogP contribution in [-0.2, 0) is 0 Å². The molecule has 1 aliphatic heterocycles. The molecule has 1 heterocycles. The second-order valence-electron chi connectivity index (χ2n) is 4.29. The number of halogens is 1. The minimum absolute atomic E-state index is 0.0421. The molecule has 0 saturated heterocycles. The van der Waals surface area contributed by atoms with Gasteiger partial charge in [-0.1, -0.05) is 15.9 Å². The molecule has 2 rings (SSSR count). The monoisotopic (exact) mass is 327 g/mol. The molecule has 0 unspecified atom stereocenters. The van der Waals surface area contributed by atoms with Crippen molar-refractivity contribution in [1.82, 2.24) is 4.90 Å². The highest BCUT2D eigenvalue weighted by atomic mass is 79.9. The van der Waals surface area contributed by atoms with E-state index in [1.165, 1.54) is 0 Å². The number of alkyl halides is 1. The average Bonchev–Trinajstić information content (AvgIpc) is 2.47. The van der Waals surface area contributed by atoms with E-state index in [0.29, 0.717) is 36.8 Å². The Morgan fingerprint density at radius 3 is 2.74 bits per heavy atom. The van der Waals surface area contributed by atoms with Gasteiger partial charge in [-0.25, -0.2) is 0 Å². The van der Waals surface area contributed by atoms with E-state index in [1.54, 1.807) is 18.2 Å². The third-order valence-corrected chi connectivity index (χ3v) is 3.58. The van der Waals surface area contributed by atoms with Crippen LogP contribution in [0.2, 0.25) is 0 Å². The Morgan fingerprint density at radius 1 is 1.32 bits per heavy atom. The van der Waals surface area contributed by atoms with E-state index < -0.39 is 0 Å². The number of benzene rings is 1. The fourth-order valence-corrected chi connectivity index (χ4v) is 2.26. The molecule has 1 aromatic carbocycles. The van der Waals surface area contributed by atoms with Gasteiger partial charge in [0.25, 0.3) is 5.91 Å². The summed E-state index contributed by atoms with van der Waals surface area (Å²) >= 11 is 3.39. The molecule has 0 atom stereocenters. The molecule has 104 valence electrons. The van der Waals surface area contributed by atoms with Crippen LogP contribution in [0.4, 0.5) is 0 Å². The number of hydrogen-bond acceptors (Lipinski definition) is 3. The van der Waals surface area contributed by atoms with Crippen molar-refractivity contribution in [2.75, 3.05) is 31.6 Å². The average molecular weight is 328 g/mol. The first-order valence-electron chi connectivity index (χ1n) is 6.51. The number of fused-ring (bicyclic) bond motifs is 1. The van der Waals surface area contributed by atoms with Gasteiger partial charge in [0.05, 0.1) is 0 Å². The summed E-state index contributed by atoms with van der Waals surface area (Å²) < 4.78 is 11.0. The zero-order valence-corrected chi connectivity index (χ0v) is 12.6. The molecule has 1 amide bonds. The molecular formula is C14H18BrNO3. The molecule has 1 aromatic rings. The van der Waals surface area contributed by atoms with Gasteiger partial charge in [-0.05, 0) is 31.5 Å². The second kappa shape index (κ2) is 6.80. The lowest BCUT2D eigenvalue weighted by atomic mass is 10.1. The lowest BCUT2D eigenvalue weighted by Crippen LogP contribution is -2.32. The molecule has 1 aliphatic rings. The van der Waals surface area contributed by atoms with E-state index in [2.05, 4.69) is 15.9 Å². The summed E-state index contributed by atoms with van der Waals surface area (Å²) in [7, 11) is 0. The predicted octanol–water partition coefficient (Wildman–Crippen LogP) is 2.70. The summed E-state index contributed by atoms with van der Waals surface area (Å²) in [6.07, 6.45) is 0.949. The van der Waals surface area contributed by atoms with Crippen LogP contribution >= 0.6 is 15.9 Å². The number of ether oxygens (including phenoxy) is 2. The quantitative estimate of drug-likeness (QED) is 0.780. The van der Waals surface area contributed by atoms with Gasteiger partial charge >= 0.3 is 0 Å². The highest BCUT2D eigenvalue weighted by molar-refractivity contribution is 9.09. The highest BCUT2D eigenvalue weighted by Gasteiger charge is 2.18. The summed E-state index contributed by atoms with van der Waals surface area (Å²) in [5.74, 6) is 1.42. The van der Waals surface area contributed by atoms with Gasteiger partial charge in [0, 0.05) is 24.0 Å². The highest BCUT2D eigenvalue weighted by Crippen LogP contribution is 2.31. The first-order valence-corrected chi connectivity index (χ1v) is 7.63. The van der Waals surface area contributed by atoms with Crippen LogP contribution < -0.4 is 9.47 Å². The van der Waals surface area contributed by atoms with Crippen molar-refractivity contribution < 1.29 is 14.3 Å². The zero-order valence-electron chi connectivity index (χ0n) is 11.0. The lowest BCUT2D eigenvalue weighted by Gasteiger charge is -2.22. The van der Waals surface area contributed by atoms with E-state index in [9.17, 15) is 4.79 Å². The first kappa shape index (κ1) is 14.2. The number of rotatable bonds is 5. The topological polar surface area (TPSA) is 38.8 Å². The van der Waals surface area contributed by atoms with E-state index in [1.807, 2.05) is 11.8 Å². The van der Waals surface area contributed by atoms with Crippen LogP contribution in [0.1, 0.15) is 23.7 Å². The summed E-state index contributed by atoms with van der Waals surface area (Å²) in [4.78, 5) is 14.2. The second-order valence-corrected chi connectivity index (χ2v) is 5.08. The Kier molecular flexibility index (Phi) is 5.07. The van der Waals surface area contributed by atoms with Crippen molar-refractivity contribution in [2.45, 2.75) is 13.3 Å². The number of carbonyl (C=O) groups excluding carboxylic acids is 1. The van der Waals surface area contributed by atoms with Gasteiger partial charge in [0.15, 0.2) is 11.5 Å². The van der Waals surface area contributed by atoms with Crippen molar-refractivity contribution in [3.05, 3.63) is 23.8 Å². The Bertz CT molecular complexity index is 450. The van der Waals surface area contributed by atoms with Crippen LogP contribution in [0.15, 0.2) is 18.2 Å². The molecule has 19 heavy (non-hydrogen) atoms. The van der Waals surface area contributed by atoms with Crippen LogP contribution in [0.5, 0.6) is 11.5 Å². The van der Waals surface area contributed by atoms with Gasteiger partial charge in [-0.3, -0.25) is 4.79 Å². The third-order valence-electron chi connectivity index (χ3n) is 3.02. The zero-order chi connectivity index (χ0) is 13.7. The van der Waals surface area contributed by atoms with E-state index >= 15 is 0 Å². The molecule has 5 heteroatoms. The Morgan fingerprint density at radius 2 is 2.05 bits per heavy atom. The van der Waals surface area contributed by atoms with Gasteiger partial charge in [0.1, 0.15) is 13.2 Å².